The lowest BCUT2D eigenvalue weighted by atomic mass is 10.1. The number of amides is 1. The summed E-state index contributed by atoms with van der Waals surface area (Å²) in [5.74, 6) is 0.277. The molecule has 0 spiro atoms. The second-order valence-corrected chi connectivity index (χ2v) is 8.31. The predicted molar refractivity (Wildman–Crippen MR) is 112 cm³/mol. The Morgan fingerprint density at radius 2 is 1.97 bits per heavy atom. The molecule has 32 heavy (non-hydrogen) atoms. The monoisotopic (exact) mass is 465 g/mol. The second-order valence-electron chi connectivity index (χ2n) is 7.32. The van der Waals surface area contributed by atoms with Crippen LogP contribution < -0.4 is 5.32 Å². The summed E-state index contributed by atoms with van der Waals surface area (Å²) in [5, 5.41) is 11.3. The van der Waals surface area contributed by atoms with Crippen molar-refractivity contribution in [1.82, 2.24) is 19.7 Å². The van der Waals surface area contributed by atoms with E-state index in [-0.39, 0.29) is 16.5 Å². The molecule has 3 aromatic rings. The van der Waals surface area contributed by atoms with E-state index in [9.17, 15) is 22.4 Å². The molecule has 0 aliphatic carbocycles. The number of nitrogens with zero attached hydrogens (tertiary/aromatic N) is 4. The van der Waals surface area contributed by atoms with Crippen LogP contribution in [-0.2, 0) is 23.9 Å². The fourth-order valence-corrected chi connectivity index (χ4v) is 4.06. The van der Waals surface area contributed by atoms with Crippen LogP contribution in [0.4, 0.5) is 23.2 Å². The Kier molecular flexibility index (Phi) is 6.45. The van der Waals surface area contributed by atoms with Crippen LogP contribution in [-0.4, -0.2) is 31.4 Å². The van der Waals surface area contributed by atoms with Gasteiger partial charge in [0.1, 0.15) is 11.6 Å². The Bertz CT molecular complexity index is 1110. The predicted octanol–water partition coefficient (Wildman–Crippen LogP) is 4.96. The Hall–Kier alpha value is -2.95. The minimum Gasteiger partial charge on any atom is -0.323 e. The van der Waals surface area contributed by atoms with Crippen molar-refractivity contribution in [3.05, 3.63) is 53.7 Å². The number of pyridine rings is 1. The first-order valence-electron chi connectivity index (χ1n) is 9.99. The van der Waals surface area contributed by atoms with E-state index in [0.29, 0.717) is 17.6 Å². The second kappa shape index (κ2) is 9.27. The molecule has 1 amide bonds. The molecule has 0 fully saturated rings. The van der Waals surface area contributed by atoms with Gasteiger partial charge in [-0.05, 0) is 43.2 Å². The van der Waals surface area contributed by atoms with Crippen LogP contribution in [0.5, 0.6) is 0 Å². The van der Waals surface area contributed by atoms with Gasteiger partial charge in [0.2, 0.25) is 5.91 Å². The summed E-state index contributed by atoms with van der Waals surface area (Å²) >= 11 is 0.956. The van der Waals surface area contributed by atoms with Gasteiger partial charge < -0.3 is 9.88 Å². The summed E-state index contributed by atoms with van der Waals surface area (Å²) in [7, 11) is 0. The lowest BCUT2D eigenvalue weighted by Gasteiger charge is -2.10. The van der Waals surface area contributed by atoms with Crippen molar-refractivity contribution in [3.8, 4) is 11.4 Å². The lowest BCUT2D eigenvalue weighted by molar-refractivity contribution is -0.137. The van der Waals surface area contributed by atoms with Gasteiger partial charge in [-0.2, -0.15) is 13.2 Å². The topological polar surface area (TPSA) is 72.7 Å². The Morgan fingerprint density at radius 1 is 1.12 bits per heavy atom. The molecule has 3 heterocycles. The molecule has 0 unspecified atom stereocenters. The van der Waals surface area contributed by atoms with Gasteiger partial charge in [-0.1, -0.05) is 18.2 Å². The van der Waals surface area contributed by atoms with Crippen molar-refractivity contribution in [2.75, 3.05) is 11.1 Å². The van der Waals surface area contributed by atoms with Crippen LogP contribution in [0.3, 0.4) is 0 Å². The third kappa shape index (κ3) is 5.09. The van der Waals surface area contributed by atoms with Crippen LogP contribution in [0.2, 0.25) is 0 Å². The number of aryl methyl sites for hydroxylation is 1. The Morgan fingerprint density at radius 3 is 2.72 bits per heavy atom. The molecular weight excluding hydrogens is 446 g/mol. The summed E-state index contributed by atoms with van der Waals surface area (Å²) in [6.45, 7) is 0.785. The molecule has 0 radical (unpaired) electrons. The van der Waals surface area contributed by atoms with E-state index in [1.807, 2.05) is 4.57 Å². The highest BCUT2D eigenvalue weighted by atomic mass is 32.2. The molecule has 2 aromatic heterocycles. The number of thioether (sulfide) groups is 1. The van der Waals surface area contributed by atoms with Crippen LogP contribution in [0.1, 0.15) is 30.7 Å². The minimum absolute atomic E-state index is 0.000509. The van der Waals surface area contributed by atoms with Crippen molar-refractivity contribution in [2.24, 2.45) is 0 Å². The highest BCUT2D eigenvalue weighted by Crippen LogP contribution is 2.30. The van der Waals surface area contributed by atoms with Gasteiger partial charge in [-0.3, -0.25) is 4.79 Å². The average Bonchev–Trinajstić information content (AvgIpc) is 3.01. The van der Waals surface area contributed by atoms with Crippen LogP contribution in [0.15, 0.2) is 41.6 Å². The summed E-state index contributed by atoms with van der Waals surface area (Å²) in [6, 6.07) is 6.45. The number of carbonyl (C=O) groups is 1. The quantitative estimate of drug-likeness (QED) is 0.426. The number of rotatable bonds is 5. The first kappa shape index (κ1) is 22.3. The molecule has 11 heteroatoms. The normalized spacial score (nSPS) is 14.0. The average molecular weight is 465 g/mol. The van der Waals surface area contributed by atoms with E-state index in [1.54, 1.807) is 6.07 Å². The molecule has 0 saturated carbocycles. The molecule has 0 saturated heterocycles. The van der Waals surface area contributed by atoms with E-state index in [1.165, 1.54) is 18.2 Å². The zero-order valence-electron chi connectivity index (χ0n) is 16.8. The van der Waals surface area contributed by atoms with Crippen molar-refractivity contribution in [2.45, 2.75) is 43.4 Å². The zero-order valence-corrected chi connectivity index (χ0v) is 17.6. The maximum atomic E-state index is 14.3. The number of hydrogen-bond acceptors (Lipinski definition) is 5. The fourth-order valence-electron chi connectivity index (χ4n) is 3.42. The number of fused-ring (bicyclic) bond motifs is 1. The van der Waals surface area contributed by atoms with Gasteiger partial charge in [0.15, 0.2) is 5.82 Å². The molecular formula is C21H19F4N5OS. The number of alkyl halides is 3. The SMILES string of the molecule is O=C(CSc1ccc(C(F)(F)F)cn1)Nc1cc(-c2nnc3n2CCCCC3)ccc1F. The molecule has 1 aliphatic heterocycles. The molecule has 4 rings (SSSR count). The molecule has 1 N–H and O–H groups in total. The standard InChI is InChI=1S/C21H19F4N5OS/c22-15-7-5-13(20-29-28-17-4-2-1-3-9-30(17)20)10-16(15)27-18(31)12-32-19-8-6-14(11-26-19)21(23,24)25/h5-8,10-11H,1-4,9,12H2,(H,27,31). The highest BCUT2D eigenvalue weighted by Gasteiger charge is 2.30. The van der Waals surface area contributed by atoms with Crippen molar-refractivity contribution in [1.29, 1.82) is 0 Å². The first-order valence-corrected chi connectivity index (χ1v) is 11.0. The maximum Gasteiger partial charge on any atom is 0.417 e. The van der Waals surface area contributed by atoms with Crippen LogP contribution in [0, 0.1) is 5.82 Å². The number of hydrogen-bond donors (Lipinski definition) is 1. The Labute approximate surface area is 185 Å². The molecule has 0 bridgehead atoms. The number of anilines is 1. The van der Waals surface area contributed by atoms with Gasteiger partial charge >= 0.3 is 6.18 Å². The molecule has 0 atom stereocenters. The van der Waals surface area contributed by atoms with Crippen LogP contribution >= 0.6 is 11.8 Å². The van der Waals surface area contributed by atoms with Crippen molar-refractivity contribution < 1.29 is 22.4 Å². The molecule has 6 nitrogen and oxygen atoms in total. The fraction of sp³-hybridized carbons (Fsp3) is 0.333. The highest BCUT2D eigenvalue weighted by molar-refractivity contribution is 7.99. The maximum absolute atomic E-state index is 14.3. The van der Waals surface area contributed by atoms with Crippen molar-refractivity contribution in [3.63, 3.8) is 0 Å². The van der Waals surface area contributed by atoms with Gasteiger partial charge in [0.05, 0.1) is 22.0 Å². The van der Waals surface area contributed by atoms with Crippen molar-refractivity contribution >= 4 is 23.4 Å². The van der Waals surface area contributed by atoms with Gasteiger partial charge in [-0.25, -0.2) is 9.37 Å². The molecule has 1 aliphatic rings. The van der Waals surface area contributed by atoms with E-state index >= 15 is 0 Å². The summed E-state index contributed by atoms with van der Waals surface area (Å²) in [6.07, 6.45) is 0.252. The van der Waals surface area contributed by atoms with E-state index in [4.69, 9.17) is 0 Å². The molecule has 168 valence electrons. The number of aromatic nitrogens is 4. The minimum atomic E-state index is -4.47. The van der Waals surface area contributed by atoms with E-state index in [2.05, 4.69) is 20.5 Å². The van der Waals surface area contributed by atoms with Crippen LogP contribution in [0.25, 0.3) is 11.4 Å². The third-order valence-electron chi connectivity index (χ3n) is 5.02. The van der Waals surface area contributed by atoms with Gasteiger partial charge in [0.25, 0.3) is 0 Å². The number of benzene rings is 1. The summed E-state index contributed by atoms with van der Waals surface area (Å²) < 4.78 is 54.2. The first-order chi connectivity index (χ1) is 15.3. The third-order valence-corrected chi connectivity index (χ3v) is 5.97. The number of halogens is 4. The van der Waals surface area contributed by atoms with Gasteiger partial charge in [0, 0.05) is 24.7 Å². The van der Waals surface area contributed by atoms with E-state index < -0.39 is 23.5 Å². The molecule has 1 aromatic carbocycles. The number of carbonyl (C=O) groups excluding carboxylic acids is 1. The zero-order chi connectivity index (χ0) is 22.7. The summed E-state index contributed by atoms with van der Waals surface area (Å²) in [4.78, 5) is 16.0. The van der Waals surface area contributed by atoms with E-state index in [0.717, 1.165) is 55.9 Å². The Balaban J connectivity index is 1.43. The smallest absolute Gasteiger partial charge is 0.323 e. The van der Waals surface area contributed by atoms with Gasteiger partial charge in [-0.15, -0.1) is 10.2 Å². The lowest BCUT2D eigenvalue weighted by Crippen LogP contribution is -2.15. The number of nitrogens with one attached hydrogen (secondary N) is 1. The summed E-state index contributed by atoms with van der Waals surface area (Å²) in [5.41, 5.74) is -0.226. The largest absolute Gasteiger partial charge is 0.417 e.